The molecular formula is C12H13BrClF. The first kappa shape index (κ1) is 11.4. The first-order chi connectivity index (χ1) is 7.03. The van der Waals surface area contributed by atoms with Gasteiger partial charge in [-0.25, -0.2) is 4.39 Å². The van der Waals surface area contributed by atoms with E-state index in [1.807, 2.05) is 19.1 Å². The molecule has 1 saturated carbocycles. The van der Waals surface area contributed by atoms with Gasteiger partial charge in [0.2, 0.25) is 0 Å². The molecule has 1 aromatic carbocycles. The highest BCUT2D eigenvalue weighted by Gasteiger charge is 2.46. The van der Waals surface area contributed by atoms with E-state index in [2.05, 4.69) is 15.9 Å². The van der Waals surface area contributed by atoms with Crippen molar-refractivity contribution in [1.29, 1.82) is 0 Å². The van der Waals surface area contributed by atoms with Crippen LogP contribution in [0.4, 0.5) is 4.39 Å². The average molecular weight is 292 g/mol. The fourth-order valence-electron chi connectivity index (χ4n) is 1.92. The first-order valence-electron chi connectivity index (χ1n) is 5.11. The van der Waals surface area contributed by atoms with Crippen molar-refractivity contribution in [1.82, 2.24) is 0 Å². The van der Waals surface area contributed by atoms with Crippen LogP contribution in [-0.4, -0.2) is 5.38 Å². The van der Waals surface area contributed by atoms with Gasteiger partial charge in [-0.05, 0) is 49.3 Å². The maximum atomic E-state index is 13.6. The van der Waals surface area contributed by atoms with E-state index in [-0.39, 0.29) is 16.6 Å². The summed E-state index contributed by atoms with van der Waals surface area (Å²) < 4.78 is 14.4. The predicted octanol–water partition coefficient (Wildman–Crippen LogP) is 4.54. The van der Waals surface area contributed by atoms with Crippen LogP contribution < -0.4 is 0 Å². The molecule has 0 amide bonds. The maximum Gasteiger partial charge on any atom is 0.127 e. The van der Waals surface area contributed by atoms with Gasteiger partial charge in [0, 0.05) is 9.85 Å². The number of hydrogen-bond acceptors (Lipinski definition) is 0. The van der Waals surface area contributed by atoms with E-state index in [4.69, 9.17) is 11.6 Å². The molecule has 0 radical (unpaired) electrons. The van der Waals surface area contributed by atoms with E-state index in [1.54, 1.807) is 0 Å². The van der Waals surface area contributed by atoms with Gasteiger partial charge in [-0.1, -0.05) is 22.0 Å². The van der Waals surface area contributed by atoms with Crippen LogP contribution in [0.5, 0.6) is 0 Å². The van der Waals surface area contributed by atoms with Crippen molar-refractivity contribution in [3.05, 3.63) is 34.1 Å². The Bertz CT molecular complexity index is 372. The van der Waals surface area contributed by atoms with Crippen molar-refractivity contribution < 1.29 is 4.39 Å². The topological polar surface area (TPSA) is 0 Å². The summed E-state index contributed by atoms with van der Waals surface area (Å²) in [7, 11) is 0. The van der Waals surface area contributed by atoms with Gasteiger partial charge in [0.15, 0.2) is 0 Å². The fraction of sp³-hybridized carbons (Fsp3) is 0.500. The fourth-order valence-corrected chi connectivity index (χ4v) is 2.55. The molecule has 1 aliphatic rings. The molecule has 0 bridgehead atoms. The number of alkyl halides is 1. The summed E-state index contributed by atoms with van der Waals surface area (Å²) in [5.74, 6) is -0.132. The van der Waals surface area contributed by atoms with Crippen LogP contribution in [0, 0.1) is 11.2 Å². The second kappa shape index (κ2) is 4.06. The highest BCUT2D eigenvalue weighted by atomic mass is 79.9. The monoisotopic (exact) mass is 290 g/mol. The van der Waals surface area contributed by atoms with Crippen LogP contribution in [0.3, 0.4) is 0 Å². The molecule has 0 saturated heterocycles. The molecule has 0 aromatic heterocycles. The molecule has 0 aliphatic heterocycles. The molecule has 1 aliphatic carbocycles. The molecule has 1 atom stereocenters. The van der Waals surface area contributed by atoms with E-state index < -0.39 is 0 Å². The van der Waals surface area contributed by atoms with E-state index in [1.165, 1.54) is 6.07 Å². The molecule has 0 heterocycles. The van der Waals surface area contributed by atoms with Gasteiger partial charge in [-0.15, -0.1) is 11.6 Å². The lowest BCUT2D eigenvalue weighted by Crippen LogP contribution is -2.16. The zero-order chi connectivity index (χ0) is 11.1. The van der Waals surface area contributed by atoms with Crippen LogP contribution >= 0.6 is 27.5 Å². The lowest BCUT2D eigenvalue weighted by molar-refractivity contribution is 0.479. The molecule has 3 heteroatoms. The summed E-state index contributed by atoms with van der Waals surface area (Å²) >= 11 is 9.39. The Morgan fingerprint density at radius 1 is 1.53 bits per heavy atom. The molecule has 1 fully saturated rings. The van der Waals surface area contributed by atoms with Gasteiger partial charge in [0.25, 0.3) is 0 Å². The third-order valence-electron chi connectivity index (χ3n) is 3.29. The molecule has 82 valence electrons. The standard InChI is InChI=1S/C12H13BrClF/c1-8(14)12(4-5-12)7-9-2-3-10(13)6-11(9)15/h2-3,6,8H,4-5,7H2,1H3. The zero-order valence-corrected chi connectivity index (χ0v) is 10.9. The third-order valence-corrected chi connectivity index (χ3v) is 4.25. The van der Waals surface area contributed by atoms with Crippen LogP contribution in [0.2, 0.25) is 0 Å². The van der Waals surface area contributed by atoms with Gasteiger partial charge in [0.05, 0.1) is 0 Å². The lowest BCUT2D eigenvalue weighted by Gasteiger charge is -2.18. The van der Waals surface area contributed by atoms with E-state index in [9.17, 15) is 4.39 Å². The summed E-state index contributed by atoms with van der Waals surface area (Å²) in [4.78, 5) is 0. The van der Waals surface area contributed by atoms with E-state index in [0.717, 1.165) is 29.3 Å². The van der Waals surface area contributed by atoms with Gasteiger partial charge in [0.1, 0.15) is 5.82 Å². The Balaban J connectivity index is 2.18. The van der Waals surface area contributed by atoms with Crippen molar-refractivity contribution in [3.63, 3.8) is 0 Å². The number of halogens is 3. The lowest BCUT2D eigenvalue weighted by atomic mass is 9.93. The van der Waals surface area contributed by atoms with E-state index >= 15 is 0 Å². The van der Waals surface area contributed by atoms with Gasteiger partial charge >= 0.3 is 0 Å². The number of hydrogen-bond donors (Lipinski definition) is 0. The summed E-state index contributed by atoms with van der Waals surface area (Å²) in [6.45, 7) is 2.01. The third kappa shape index (κ3) is 2.36. The smallest absolute Gasteiger partial charge is 0.127 e. The Hall–Kier alpha value is -0.0800. The Morgan fingerprint density at radius 3 is 2.67 bits per heavy atom. The van der Waals surface area contributed by atoms with Crippen molar-refractivity contribution in [2.24, 2.45) is 5.41 Å². The van der Waals surface area contributed by atoms with Gasteiger partial charge in [-0.2, -0.15) is 0 Å². The largest absolute Gasteiger partial charge is 0.207 e. The highest BCUT2D eigenvalue weighted by molar-refractivity contribution is 9.10. The van der Waals surface area contributed by atoms with Crippen molar-refractivity contribution in [2.75, 3.05) is 0 Å². The van der Waals surface area contributed by atoms with Gasteiger partial charge < -0.3 is 0 Å². The minimum absolute atomic E-state index is 0.126. The van der Waals surface area contributed by atoms with Crippen molar-refractivity contribution in [3.8, 4) is 0 Å². The van der Waals surface area contributed by atoms with Crippen molar-refractivity contribution >= 4 is 27.5 Å². The molecule has 15 heavy (non-hydrogen) atoms. The molecule has 1 unspecified atom stereocenters. The molecular weight excluding hydrogens is 278 g/mol. The van der Waals surface area contributed by atoms with Crippen molar-refractivity contribution in [2.45, 2.75) is 31.6 Å². The summed E-state index contributed by atoms with van der Waals surface area (Å²) in [5, 5.41) is 0.126. The van der Waals surface area contributed by atoms with Gasteiger partial charge in [-0.3, -0.25) is 0 Å². The molecule has 0 spiro atoms. The minimum Gasteiger partial charge on any atom is -0.207 e. The Morgan fingerprint density at radius 2 is 2.20 bits per heavy atom. The highest BCUT2D eigenvalue weighted by Crippen LogP contribution is 2.53. The average Bonchev–Trinajstić information content (AvgIpc) is 2.91. The normalized spacial score (nSPS) is 20.0. The molecule has 2 rings (SSSR count). The SMILES string of the molecule is CC(Cl)C1(Cc2ccc(Br)cc2F)CC1. The second-order valence-corrected chi connectivity index (χ2v) is 5.96. The molecule has 1 aromatic rings. The predicted molar refractivity (Wildman–Crippen MR) is 64.8 cm³/mol. The quantitative estimate of drug-likeness (QED) is 0.717. The summed E-state index contributed by atoms with van der Waals surface area (Å²) in [6, 6.07) is 5.25. The number of benzene rings is 1. The minimum atomic E-state index is -0.132. The Labute approximate surface area is 103 Å². The summed E-state index contributed by atoms with van der Waals surface area (Å²) in [6.07, 6.45) is 3.00. The molecule has 0 N–H and O–H groups in total. The number of rotatable bonds is 3. The first-order valence-corrected chi connectivity index (χ1v) is 6.34. The van der Waals surface area contributed by atoms with Crippen LogP contribution in [0.15, 0.2) is 22.7 Å². The van der Waals surface area contributed by atoms with Crippen LogP contribution in [-0.2, 0) is 6.42 Å². The van der Waals surface area contributed by atoms with E-state index in [0.29, 0.717) is 0 Å². The molecule has 0 nitrogen and oxygen atoms in total. The maximum absolute atomic E-state index is 13.6. The Kier molecular flexibility index (Phi) is 3.09. The zero-order valence-electron chi connectivity index (χ0n) is 8.56. The summed E-state index contributed by atoms with van der Waals surface area (Å²) in [5.41, 5.74) is 0.930. The van der Waals surface area contributed by atoms with Crippen LogP contribution in [0.25, 0.3) is 0 Å². The van der Waals surface area contributed by atoms with Crippen LogP contribution in [0.1, 0.15) is 25.3 Å². The second-order valence-electron chi connectivity index (χ2n) is 4.39.